The molecule has 80 valence electrons. The van der Waals surface area contributed by atoms with Crippen molar-refractivity contribution in [2.24, 2.45) is 0 Å². The van der Waals surface area contributed by atoms with E-state index in [4.69, 9.17) is 0 Å². The van der Waals surface area contributed by atoms with Gasteiger partial charge in [0.15, 0.2) is 0 Å². The minimum Gasteiger partial charge on any atom is -0.342 e. The SMILES string of the molecule is O=C(Cc1ccccc1F)N1CCCC1. The molecule has 0 bridgehead atoms. The molecule has 1 saturated heterocycles. The van der Waals surface area contributed by atoms with Crippen molar-refractivity contribution >= 4 is 5.91 Å². The second-order valence-electron chi connectivity index (χ2n) is 3.86. The smallest absolute Gasteiger partial charge is 0.227 e. The average Bonchev–Trinajstić information content (AvgIpc) is 2.74. The van der Waals surface area contributed by atoms with E-state index < -0.39 is 0 Å². The molecule has 0 saturated carbocycles. The Labute approximate surface area is 88.7 Å². The van der Waals surface area contributed by atoms with Crippen LogP contribution in [0.5, 0.6) is 0 Å². The molecule has 0 radical (unpaired) electrons. The van der Waals surface area contributed by atoms with Crippen LogP contribution in [0.3, 0.4) is 0 Å². The lowest BCUT2D eigenvalue weighted by molar-refractivity contribution is -0.129. The molecular weight excluding hydrogens is 193 g/mol. The summed E-state index contributed by atoms with van der Waals surface area (Å²) in [5.74, 6) is -0.248. The van der Waals surface area contributed by atoms with Crippen LogP contribution in [0.1, 0.15) is 18.4 Å². The van der Waals surface area contributed by atoms with E-state index in [1.165, 1.54) is 6.07 Å². The molecule has 3 heteroatoms. The van der Waals surface area contributed by atoms with E-state index >= 15 is 0 Å². The summed E-state index contributed by atoms with van der Waals surface area (Å²) in [6.45, 7) is 1.65. The molecule has 0 aliphatic carbocycles. The predicted molar refractivity (Wildman–Crippen MR) is 55.9 cm³/mol. The lowest BCUT2D eigenvalue weighted by atomic mass is 10.1. The normalized spacial score (nSPS) is 15.7. The summed E-state index contributed by atoms with van der Waals surface area (Å²) >= 11 is 0. The molecule has 15 heavy (non-hydrogen) atoms. The van der Waals surface area contributed by atoms with E-state index in [0.29, 0.717) is 5.56 Å². The van der Waals surface area contributed by atoms with Crippen LogP contribution in [-0.2, 0) is 11.2 Å². The largest absolute Gasteiger partial charge is 0.342 e. The van der Waals surface area contributed by atoms with E-state index in [1.54, 1.807) is 18.2 Å². The van der Waals surface area contributed by atoms with Crippen molar-refractivity contribution in [3.8, 4) is 0 Å². The van der Waals surface area contributed by atoms with Gasteiger partial charge in [-0.3, -0.25) is 4.79 Å². The van der Waals surface area contributed by atoms with E-state index in [0.717, 1.165) is 25.9 Å². The van der Waals surface area contributed by atoms with Gasteiger partial charge in [0.2, 0.25) is 5.91 Å². The van der Waals surface area contributed by atoms with Crippen molar-refractivity contribution < 1.29 is 9.18 Å². The van der Waals surface area contributed by atoms with Gasteiger partial charge in [0, 0.05) is 13.1 Å². The van der Waals surface area contributed by atoms with Gasteiger partial charge in [-0.25, -0.2) is 4.39 Å². The molecule has 2 rings (SSSR count). The summed E-state index contributed by atoms with van der Waals surface area (Å²) in [7, 11) is 0. The summed E-state index contributed by atoms with van der Waals surface area (Å²) in [5, 5.41) is 0. The summed E-state index contributed by atoms with van der Waals surface area (Å²) in [5.41, 5.74) is 0.495. The lowest BCUT2D eigenvalue weighted by Crippen LogP contribution is -2.29. The standard InChI is InChI=1S/C12H14FNO/c13-11-6-2-1-5-10(11)9-12(15)14-7-3-4-8-14/h1-2,5-6H,3-4,7-9H2. The number of likely N-dealkylation sites (tertiary alicyclic amines) is 1. The maximum Gasteiger partial charge on any atom is 0.227 e. The van der Waals surface area contributed by atoms with E-state index in [1.807, 2.05) is 4.90 Å². The highest BCUT2D eigenvalue weighted by molar-refractivity contribution is 5.79. The second-order valence-corrected chi connectivity index (χ2v) is 3.86. The van der Waals surface area contributed by atoms with Gasteiger partial charge < -0.3 is 4.90 Å². The molecule has 2 nitrogen and oxygen atoms in total. The van der Waals surface area contributed by atoms with E-state index in [2.05, 4.69) is 0 Å². The highest BCUT2D eigenvalue weighted by atomic mass is 19.1. The number of halogens is 1. The number of hydrogen-bond donors (Lipinski definition) is 0. The zero-order valence-electron chi connectivity index (χ0n) is 8.58. The van der Waals surface area contributed by atoms with Crippen molar-refractivity contribution in [1.82, 2.24) is 4.90 Å². The van der Waals surface area contributed by atoms with Crippen molar-refractivity contribution in [3.63, 3.8) is 0 Å². The molecule has 1 aromatic carbocycles. The third-order valence-electron chi connectivity index (χ3n) is 2.76. The number of carbonyl (C=O) groups excluding carboxylic acids is 1. The van der Waals surface area contributed by atoms with Crippen molar-refractivity contribution in [1.29, 1.82) is 0 Å². The molecule has 1 heterocycles. The summed E-state index contributed by atoms with van der Waals surface area (Å²) in [4.78, 5) is 13.5. The maximum atomic E-state index is 13.3. The van der Waals surface area contributed by atoms with Crippen LogP contribution < -0.4 is 0 Å². The highest BCUT2D eigenvalue weighted by Crippen LogP contribution is 2.12. The Balaban J connectivity index is 2.02. The number of hydrogen-bond acceptors (Lipinski definition) is 1. The van der Waals surface area contributed by atoms with Crippen LogP contribution >= 0.6 is 0 Å². The summed E-state index contributed by atoms with van der Waals surface area (Å²) in [6.07, 6.45) is 2.33. The van der Waals surface area contributed by atoms with Crippen LogP contribution in [0.25, 0.3) is 0 Å². The quantitative estimate of drug-likeness (QED) is 0.726. The Morgan fingerprint density at radius 2 is 1.93 bits per heavy atom. The van der Waals surface area contributed by atoms with Crippen LogP contribution in [0.4, 0.5) is 4.39 Å². The molecule has 0 atom stereocenters. The molecule has 0 aromatic heterocycles. The molecular formula is C12H14FNO. The minimum absolute atomic E-state index is 0.0394. The van der Waals surface area contributed by atoms with E-state index in [-0.39, 0.29) is 18.1 Å². The Hall–Kier alpha value is -1.38. The fourth-order valence-corrected chi connectivity index (χ4v) is 1.88. The first-order valence-electron chi connectivity index (χ1n) is 5.28. The molecule has 1 aliphatic rings. The van der Waals surface area contributed by atoms with Crippen LogP contribution in [0, 0.1) is 5.82 Å². The van der Waals surface area contributed by atoms with Gasteiger partial charge in [-0.2, -0.15) is 0 Å². The molecule has 1 aromatic rings. The number of benzene rings is 1. The topological polar surface area (TPSA) is 20.3 Å². The Kier molecular flexibility index (Phi) is 2.99. The second kappa shape index (κ2) is 4.43. The third-order valence-corrected chi connectivity index (χ3v) is 2.76. The molecule has 1 aliphatic heterocycles. The molecule has 1 fully saturated rings. The van der Waals surface area contributed by atoms with Gasteiger partial charge in [-0.05, 0) is 24.5 Å². The van der Waals surface area contributed by atoms with Gasteiger partial charge in [0.25, 0.3) is 0 Å². The number of rotatable bonds is 2. The molecule has 0 spiro atoms. The zero-order valence-corrected chi connectivity index (χ0v) is 8.58. The van der Waals surface area contributed by atoms with E-state index in [9.17, 15) is 9.18 Å². The summed E-state index contributed by atoms with van der Waals surface area (Å²) < 4.78 is 13.3. The Morgan fingerprint density at radius 1 is 1.27 bits per heavy atom. The predicted octanol–water partition coefficient (Wildman–Crippen LogP) is 1.99. The first kappa shape index (κ1) is 10.1. The van der Waals surface area contributed by atoms with Gasteiger partial charge in [0.05, 0.1) is 6.42 Å². The average molecular weight is 207 g/mol. The minimum atomic E-state index is -0.287. The van der Waals surface area contributed by atoms with Crippen LogP contribution in [0.2, 0.25) is 0 Å². The van der Waals surface area contributed by atoms with Crippen molar-refractivity contribution in [2.75, 3.05) is 13.1 Å². The van der Waals surface area contributed by atoms with Gasteiger partial charge >= 0.3 is 0 Å². The third kappa shape index (κ3) is 2.35. The van der Waals surface area contributed by atoms with Crippen LogP contribution in [-0.4, -0.2) is 23.9 Å². The van der Waals surface area contributed by atoms with Crippen molar-refractivity contribution in [3.05, 3.63) is 35.6 Å². The van der Waals surface area contributed by atoms with Gasteiger partial charge in [0.1, 0.15) is 5.82 Å². The highest BCUT2D eigenvalue weighted by Gasteiger charge is 2.18. The number of carbonyl (C=O) groups is 1. The lowest BCUT2D eigenvalue weighted by Gasteiger charge is -2.15. The van der Waals surface area contributed by atoms with Gasteiger partial charge in [-0.1, -0.05) is 18.2 Å². The maximum absolute atomic E-state index is 13.3. The first-order valence-corrected chi connectivity index (χ1v) is 5.28. The Bertz CT molecular complexity index is 358. The monoisotopic (exact) mass is 207 g/mol. The number of amides is 1. The van der Waals surface area contributed by atoms with Crippen molar-refractivity contribution in [2.45, 2.75) is 19.3 Å². The zero-order chi connectivity index (χ0) is 10.7. The molecule has 0 N–H and O–H groups in total. The fraction of sp³-hybridized carbons (Fsp3) is 0.417. The first-order chi connectivity index (χ1) is 7.27. The fourth-order valence-electron chi connectivity index (χ4n) is 1.88. The van der Waals surface area contributed by atoms with Gasteiger partial charge in [-0.15, -0.1) is 0 Å². The molecule has 0 unspecified atom stereocenters. The molecule has 1 amide bonds. The summed E-state index contributed by atoms with van der Waals surface area (Å²) in [6, 6.07) is 6.46. The Morgan fingerprint density at radius 3 is 2.60 bits per heavy atom. The number of nitrogens with zero attached hydrogens (tertiary/aromatic N) is 1. The van der Waals surface area contributed by atoms with Crippen LogP contribution in [0.15, 0.2) is 24.3 Å².